The van der Waals surface area contributed by atoms with Gasteiger partial charge in [0.25, 0.3) is 0 Å². The van der Waals surface area contributed by atoms with Gasteiger partial charge >= 0.3 is 17.9 Å². The zero-order valence-corrected chi connectivity index (χ0v) is 43.0. The number of unbranched alkanes of at least 4 members (excludes halogenated alkanes) is 32. The average molecular weight is 909 g/mol. The van der Waals surface area contributed by atoms with E-state index in [0.29, 0.717) is 19.3 Å². The van der Waals surface area contributed by atoms with Gasteiger partial charge in [-0.15, -0.1) is 0 Å². The number of allylic oxidation sites excluding steroid dienone is 10. The maximum Gasteiger partial charge on any atom is 0.306 e. The van der Waals surface area contributed by atoms with Crippen molar-refractivity contribution < 1.29 is 28.6 Å². The normalized spacial score (nSPS) is 12.5. The fourth-order valence-corrected chi connectivity index (χ4v) is 7.90. The van der Waals surface area contributed by atoms with Crippen LogP contribution in [-0.4, -0.2) is 37.2 Å². The predicted octanol–water partition coefficient (Wildman–Crippen LogP) is 18.4. The molecule has 0 fully saturated rings. The Morgan fingerprint density at radius 3 is 0.969 bits per heavy atom. The summed E-state index contributed by atoms with van der Waals surface area (Å²) in [5, 5.41) is 0. The Hall–Kier alpha value is -2.89. The van der Waals surface area contributed by atoms with E-state index in [-0.39, 0.29) is 31.1 Å². The summed E-state index contributed by atoms with van der Waals surface area (Å²) < 4.78 is 16.8. The van der Waals surface area contributed by atoms with Gasteiger partial charge in [-0.25, -0.2) is 0 Å². The van der Waals surface area contributed by atoms with E-state index in [1.54, 1.807) is 0 Å². The van der Waals surface area contributed by atoms with Crippen molar-refractivity contribution in [2.24, 2.45) is 0 Å². The third-order valence-electron chi connectivity index (χ3n) is 12.1. The smallest absolute Gasteiger partial charge is 0.306 e. The van der Waals surface area contributed by atoms with Crippen LogP contribution in [0.1, 0.15) is 278 Å². The summed E-state index contributed by atoms with van der Waals surface area (Å²) in [6.45, 7) is 6.48. The molecule has 0 saturated carbocycles. The van der Waals surface area contributed by atoms with E-state index in [0.717, 1.165) is 96.3 Å². The maximum atomic E-state index is 12.8. The SMILES string of the molecule is CC\C=C/C=C\C=C/CCCCCCCC(=O)OCC(COC(=O)CCCCCCCCCCCCCCCCCCCCC)OC(=O)CCCCCCCC/C=C\C=C/CCCCC. The molecule has 0 heterocycles. The van der Waals surface area contributed by atoms with E-state index < -0.39 is 6.10 Å². The summed E-state index contributed by atoms with van der Waals surface area (Å²) >= 11 is 0. The molecule has 0 aromatic heterocycles. The predicted molar refractivity (Wildman–Crippen MR) is 279 cm³/mol. The van der Waals surface area contributed by atoms with Gasteiger partial charge in [-0.2, -0.15) is 0 Å². The number of rotatable bonds is 50. The van der Waals surface area contributed by atoms with Crippen molar-refractivity contribution in [3.05, 3.63) is 60.8 Å². The average Bonchev–Trinajstić information content (AvgIpc) is 3.30. The molecule has 6 nitrogen and oxygen atoms in total. The molecule has 65 heavy (non-hydrogen) atoms. The molecule has 0 saturated heterocycles. The van der Waals surface area contributed by atoms with E-state index >= 15 is 0 Å². The third kappa shape index (κ3) is 51.9. The van der Waals surface area contributed by atoms with E-state index in [1.807, 2.05) is 0 Å². The van der Waals surface area contributed by atoms with Crippen LogP contribution in [0.25, 0.3) is 0 Å². The Kier molecular flexibility index (Phi) is 51.3. The largest absolute Gasteiger partial charge is 0.462 e. The summed E-state index contributed by atoms with van der Waals surface area (Å²) in [7, 11) is 0. The van der Waals surface area contributed by atoms with Crippen molar-refractivity contribution in [3.8, 4) is 0 Å². The van der Waals surface area contributed by atoms with Gasteiger partial charge in [-0.1, -0.05) is 255 Å². The fourth-order valence-electron chi connectivity index (χ4n) is 7.90. The summed E-state index contributed by atoms with van der Waals surface area (Å²) in [6.07, 6.45) is 66.4. The van der Waals surface area contributed by atoms with Crippen LogP contribution < -0.4 is 0 Å². The van der Waals surface area contributed by atoms with Gasteiger partial charge in [0.2, 0.25) is 0 Å². The molecule has 0 aliphatic rings. The second kappa shape index (κ2) is 53.7. The highest BCUT2D eigenvalue weighted by molar-refractivity contribution is 5.71. The van der Waals surface area contributed by atoms with Crippen LogP contribution in [0.4, 0.5) is 0 Å². The van der Waals surface area contributed by atoms with Gasteiger partial charge in [0.15, 0.2) is 6.10 Å². The molecular weight excluding hydrogens is 805 g/mol. The Bertz CT molecular complexity index is 1180. The van der Waals surface area contributed by atoms with Gasteiger partial charge < -0.3 is 14.2 Å². The Labute approximate surface area is 402 Å². The van der Waals surface area contributed by atoms with Crippen LogP contribution in [0.5, 0.6) is 0 Å². The van der Waals surface area contributed by atoms with Gasteiger partial charge in [0.1, 0.15) is 13.2 Å². The number of carbonyl (C=O) groups excluding carboxylic acids is 3. The second-order valence-corrected chi connectivity index (χ2v) is 18.6. The number of carbonyl (C=O) groups is 3. The molecular formula is C59H104O6. The van der Waals surface area contributed by atoms with Crippen LogP contribution in [0.3, 0.4) is 0 Å². The first-order valence-corrected chi connectivity index (χ1v) is 27.8. The van der Waals surface area contributed by atoms with Crippen LogP contribution in [0, 0.1) is 0 Å². The highest BCUT2D eigenvalue weighted by Gasteiger charge is 2.19. The van der Waals surface area contributed by atoms with Crippen LogP contribution in [0.15, 0.2) is 60.8 Å². The first-order chi connectivity index (χ1) is 32.0. The molecule has 376 valence electrons. The molecule has 0 radical (unpaired) electrons. The Balaban J connectivity index is 4.36. The molecule has 0 aliphatic carbocycles. The molecule has 1 unspecified atom stereocenters. The number of ether oxygens (including phenoxy) is 3. The molecule has 0 N–H and O–H groups in total. The van der Waals surface area contributed by atoms with Crippen LogP contribution >= 0.6 is 0 Å². The van der Waals surface area contributed by atoms with Crippen molar-refractivity contribution >= 4 is 17.9 Å². The van der Waals surface area contributed by atoms with Crippen molar-refractivity contribution in [1.29, 1.82) is 0 Å². The monoisotopic (exact) mass is 909 g/mol. The van der Waals surface area contributed by atoms with Crippen LogP contribution in [0.2, 0.25) is 0 Å². The molecule has 1 atom stereocenters. The van der Waals surface area contributed by atoms with E-state index in [2.05, 4.69) is 81.5 Å². The van der Waals surface area contributed by atoms with Crippen molar-refractivity contribution in [3.63, 3.8) is 0 Å². The molecule has 6 heteroatoms. The molecule has 0 amide bonds. The maximum absolute atomic E-state index is 12.8. The first-order valence-electron chi connectivity index (χ1n) is 27.8. The third-order valence-corrected chi connectivity index (χ3v) is 12.1. The molecule has 0 aliphatic heterocycles. The van der Waals surface area contributed by atoms with E-state index in [4.69, 9.17) is 14.2 Å². The summed E-state index contributed by atoms with van der Waals surface area (Å²) in [6, 6.07) is 0. The second-order valence-electron chi connectivity index (χ2n) is 18.6. The van der Waals surface area contributed by atoms with E-state index in [1.165, 1.54) is 141 Å². The minimum atomic E-state index is -0.787. The van der Waals surface area contributed by atoms with Gasteiger partial charge in [-0.3, -0.25) is 14.4 Å². The molecule has 0 rings (SSSR count). The Morgan fingerprint density at radius 2 is 0.600 bits per heavy atom. The van der Waals surface area contributed by atoms with Crippen molar-refractivity contribution in [2.75, 3.05) is 13.2 Å². The topological polar surface area (TPSA) is 78.9 Å². The minimum Gasteiger partial charge on any atom is -0.462 e. The zero-order chi connectivity index (χ0) is 47.2. The molecule has 0 aromatic carbocycles. The lowest BCUT2D eigenvalue weighted by Gasteiger charge is -2.18. The van der Waals surface area contributed by atoms with Gasteiger partial charge in [0.05, 0.1) is 0 Å². The Morgan fingerprint density at radius 1 is 0.323 bits per heavy atom. The zero-order valence-electron chi connectivity index (χ0n) is 43.0. The standard InChI is InChI=1S/C59H104O6/c1-4-7-10-13-16-19-22-25-27-28-29-30-32-34-37-40-43-46-49-52-58(61)64-55-56(54-63-57(60)51-48-45-42-39-36-33-24-21-18-15-12-9-6-3)65-59(62)53-50-47-44-41-38-35-31-26-23-20-17-14-11-8-5-2/h9,12,15,17-18,20-21,23-24,26,56H,4-8,10-11,13-14,16,19,22,25,27-55H2,1-3H3/b12-9-,18-15-,20-17-,24-21-,26-23-. The fraction of sp³-hybridized carbons (Fsp3) is 0.780. The molecule has 0 spiro atoms. The summed E-state index contributed by atoms with van der Waals surface area (Å²) in [5.74, 6) is -0.907. The molecule has 0 bridgehead atoms. The highest BCUT2D eigenvalue weighted by atomic mass is 16.6. The highest BCUT2D eigenvalue weighted by Crippen LogP contribution is 2.16. The first kappa shape index (κ1) is 62.1. The quantitative estimate of drug-likeness (QED) is 0.0262. The van der Waals surface area contributed by atoms with Crippen LogP contribution in [-0.2, 0) is 28.6 Å². The van der Waals surface area contributed by atoms with E-state index in [9.17, 15) is 14.4 Å². The number of hydrogen-bond donors (Lipinski definition) is 0. The number of esters is 3. The van der Waals surface area contributed by atoms with Gasteiger partial charge in [0, 0.05) is 19.3 Å². The lowest BCUT2D eigenvalue weighted by Crippen LogP contribution is -2.30. The van der Waals surface area contributed by atoms with Gasteiger partial charge in [-0.05, 0) is 64.2 Å². The number of hydrogen-bond acceptors (Lipinski definition) is 6. The lowest BCUT2D eigenvalue weighted by atomic mass is 10.0. The molecule has 0 aromatic rings. The summed E-state index contributed by atoms with van der Waals surface area (Å²) in [5.41, 5.74) is 0. The van der Waals surface area contributed by atoms with Crippen molar-refractivity contribution in [2.45, 2.75) is 284 Å². The lowest BCUT2D eigenvalue weighted by molar-refractivity contribution is -0.167. The minimum absolute atomic E-state index is 0.0836. The van der Waals surface area contributed by atoms with Crippen molar-refractivity contribution in [1.82, 2.24) is 0 Å². The summed E-state index contributed by atoms with van der Waals surface area (Å²) in [4.78, 5) is 38.1.